The Morgan fingerprint density at radius 1 is 1.00 bits per heavy atom. The molecule has 0 aliphatic rings. The summed E-state index contributed by atoms with van der Waals surface area (Å²) >= 11 is 3.47. The second kappa shape index (κ2) is 12.1. The second-order valence-corrected chi connectivity index (χ2v) is 10.1. The maximum Gasteiger partial charge on any atom is 0.276 e. The fourth-order valence-electron chi connectivity index (χ4n) is 3.14. The lowest BCUT2D eigenvalue weighted by atomic mass is 9.87. The summed E-state index contributed by atoms with van der Waals surface area (Å²) in [6.45, 7) is 12.3. The molecular formula is C26H35BrN2O4. The number of hydrogen-bond donors (Lipinski definition) is 2. The lowest BCUT2D eigenvalue weighted by Crippen LogP contribution is -2.49. The molecule has 2 N–H and O–H groups in total. The third-order valence-corrected chi connectivity index (χ3v) is 6.08. The number of halogens is 1. The van der Waals surface area contributed by atoms with Crippen LogP contribution in [0.5, 0.6) is 11.5 Å². The minimum Gasteiger partial charge on any atom is -0.493 e. The summed E-state index contributed by atoms with van der Waals surface area (Å²) in [5.74, 6) is 1.15. The van der Waals surface area contributed by atoms with E-state index in [1.165, 1.54) is 5.56 Å². The predicted molar refractivity (Wildman–Crippen MR) is 134 cm³/mol. The van der Waals surface area contributed by atoms with E-state index in [1.807, 2.05) is 58.0 Å². The average molecular weight is 519 g/mol. The van der Waals surface area contributed by atoms with Crippen LogP contribution in [0.15, 0.2) is 40.9 Å². The summed E-state index contributed by atoms with van der Waals surface area (Å²) in [7, 11) is 0. The van der Waals surface area contributed by atoms with Gasteiger partial charge in [-0.1, -0.05) is 45.9 Å². The largest absolute Gasteiger partial charge is 0.493 e. The smallest absolute Gasteiger partial charge is 0.276 e. The zero-order chi connectivity index (χ0) is 24.6. The Bertz CT molecular complexity index is 973. The van der Waals surface area contributed by atoms with Crippen molar-refractivity contribution in [3.8, 4) is 11.5 Å². The highest BCUT2D eigenvalue weighted by molar-refractivity contribution is 9.10. The number of ether oxygens (including phenoxy) is 2. The fourth-order valence-corrected chi connectivity index (χ4v) is 3.65. The molecule has 0 bridgehead atoms. The van der Waals surface area contributed by atoms with E-state index in [1.54, 1.807) is 0 Å². The van der Waals surface area contributed by atoms with Crippen LogP contribution in [-0.2, 0) is 9.59 Å². The van der Waals surface area contributed by atoms with E-state index in [0.717, 1.165) is 21.3 Å². The Kier molecular flexibility index (Phi) is 9.77. The van der Waals surface area contributed by atoms with Crippen molar-refractivity contribution in [2.24, 2.45) is 5.41 Å². The van der Waals surface area contributed by atoms with Gasteiger partial charge in [-0.2, -0.15) is 0 Å². The number of hydrogen-bond acceptors (Lipinski definition) is 4. The monoisotopic (exact) mass is 518 g/mol. The zero-order valence-corrected chi connectivity index (χ0v) is 22.0. The summed E-state index contributed by atoms with van der Waals surface area (Å²) in [4.78, 5) is 24.7. The first-order chi connectivity index (χ1) is 15.5. The number of nitrogens with one attached hydrogen (secondary N) is 2. The molecule has 7 heteroatoms. The first kappa shape index (κ1) is 26.7. The Morgan fingerprint density at radius 3 is 2.39 bits per heavy atom. The quantitative estimate of drug-likeness (QED) is 0.317. The van der Waals surface area contributed by atoms with E-state index >= 15 is 0 Å². The molecule has 2 amide bonds. The molecule has 2 aromatic rings. The van der Waals surface area contributed by atoms with Crippen LogP contribution >= 0.6 is 15.9 Å². The Balaban J connectivity index is 1.73. The highest BCUT2D eigenvalue weighted by Gasteiger charge is 2.27. The van der Waals surface area contributed by atoms with Gasteiger partial charge in [0.15, 0.2) is 6.61 Å². The number of carbonyl (C=O) groups is 2. The molecule has 0 aliphatic carbocycles. The molecule has 0 fully saturated rings. The van der Waals surface area contributed by atoms with Crippen LogP contribution in [0.4, 0.5) is 0 Å². The van der Waals surface area contributed by atoms with Crippen LogP contribution in [0.25, 0.3) is 0 Å². The minimum absolute atomic E-state index is 0.204. The molecule has 6 nitrogen and oxygen atoms in total. The first-order valence-corrected chi connectivity index (χ1v) is 12.0. The molecule has 0 saturated heterocycles. The van der Waals surface area contributed by atoms with Crippen molar-refractivity contribution in [2.45, 2.75) is 60.3 Å². The van der Waals surface area contributed by atoms with E-state index < -0.39 is 11.3 Å². The van der Waals surface area contributed by atoms with Crippen molar-refractivity contribution >= 4 is 27.7 Å². The van der Waals surface area contributed by atoms with Gasteiger partial charge in [0.1, 0.15) is 11.5 Å². The Hall–Kier alpha value is -2.54. The lowest BCUT2D eigenvalue weighted by Gasteiger charge is -2.23. The van der Waals surface area contributed by atoms with Crippen molar-refractivity contribution in [2.75, 3.05) is 13.2 Å². The highest BCUT2D eigenvalue weighted by atomic mass is 79.9. The van der Waals surface area contributed by atoms with Crippen molar-refractivity contribution in [3.05, 3.63) is 57.6 Å². The number of aryl methyl sites for hydroxylation is 2. The summed E-state index contributed by atoms with van der Waals surface area (Å²) in [5.41, 5.74) is 7.68. The summed E-state index contributed by atoms with van der Waals surface area (Å²) < 4.78 is 12.2. The lowest BCUT2D eigenvalue weighted by molar-refractivity contribution is -0.135. The molecule has 0 spiro atoms. The van der Waals surface area contributed by atoms with Gasteiger partial charge in [0.05, 0.1) is 11.1 Å². The number of amides is 2. The first-order valence-electron chi connectivity index (χ1n) is 11.2. The standard InChI is InChI=1S/C26H35BrN2O4/c1-17(2)20-10-11-22(21(27)15-20)33-16-24(30)28-29-25(31)26(5,6)12-7-13-32-23-14-18(3)8-9-19(23)4/h8-11,14-15,17H,7,12-13,16H2,1-6H3,(H,28,30)(H,29,31). The normalized spacial score (nSPS) is 11.3. The number of hydrazine groups is 1. The molecule has 33 heavy (non-hydrogen) atoms. The number of carbonyl (C=O) groups excluding carboxylic acids is 2. The van der Waals surface area contributed by atoms with Gasteiger partial charge >= 0.3 is 0 Å². The van der Waals surface area contributed by atoms with Gasteiger partial charge in [-0.05, 0) is 83.4 Å². The van der Waals surface area contributed by atoms with Crippen LogP contribution in [0.2, 0.25) is 0 Å². The predicted octanol–water partition coefficient (Wildman–Crippen LogP) is 5.60. The van der Waals surface area contributed by atoms with Crippen LogP contribution in [0.1, 0.15) is 63.1 Å². The molecule has 2 rings (SSSR count). The fraction of sp³-hybridized carbons (Fsp3) is 0.462. The topological polar surface area (TPSA) is 76.7 Å². The van der Waals surface area contributed by atoms with Gasteiger partial charge in [-0.15, -0.1) is 0 Å². The van der Waals surface area contributed by atoms with Crippen molar-refractivity contribution in [1.82, 2.24) is 10.9 Å². The van der Waals surface area contributed by atoms with Gasteiger partial charge < -0.3 is 9.47 Å². The molecule has 0 atom stereocenters. The van der Waals surface area contributed by atoms with Crippen LogP contribution in [-0.4, -0.2) is 25.0 Å². The summed E-state index contributed by atoms with van der Waals surface area (Å²) in [6.07, 6.45) is 1.33. The second-order valence-electron chi connectivity index (χ2n) is 9.24. The molecule has 0 saturated carbocycles. The highest BCUT2D eigenvalue weighted by Crippen LogP contribution is 2.29. The van der Waals surface area contributed by atoms with Crippen molar-refractivity contribution in [1.29, 1.82) is 0 Å². The minimum atomic E-state index is -0.658. The molecule has 180 valence electrons. The van der Waals surface area contributed by atoms with Gasteiger partial charge in [0.25, 0.3) is 5.91 Å². The maximum atomic E-state index is 12.5. The summed E-state index contributed by atoms with van der Waals surface area (Å²) in [5, 5.41) is 0. The molecule has 0 heterocycles. The van der Waals surface area contributed by atoms with E-state index in [-0.39, 0.29) is 12.5 Å². The van der Waals surface area contributed by atoms with Gasteiger partial charge in [0, 0.05) is 5.41 Å². The van der Waals surface area contributed by atoms with Gasteiger partial charge in [-0.25, -0.2) is 0 Å². The Morgan fingerprint density at radius 2 is 1.73 bits per heavy atom. The van der Waals surface area contributed by atoms with E-state index in [4.69, 9.17) is 9.47 Å². The van der Waals surface area contributed by atoms with E-state index in [9.17, 15) is 9.59 Å². The zero-order valence-electron chi connectivity index (χ0n) is 20.4. The molecule has 0 unspecified atom stereocenters. The number of rotatable bonds is 10. The van der Waals surface area contributed by atoms with Crippen LogP contribution < -0.4 is 20.3 Å². The molecular weight excluding hydrogens is 484 g/mol. The van der Waals surface area contributed by atoms with Crippen molar-refractivity contribution in [3.63, 3.8) is 0 Å². The Labute approximate surface area is 205 Å². The van der Waals surface area contributed by atoms with E-state index in [0.29, 0.717) is 31.1 Å². The van der Waals surface area contributed by atoms with Crippen LogP contribution in [0, 0.1) is 19.3 Å². The third-order valence-electron chi connectivity index (χ3n) is 5.46. The third kappa shape index (κ3) is 8.39. The molecule has 0 aliphatic heterocycles. The van der Waals surface area contributed by atoms with Crippen LogP contribution in [0.3, 0.4) is 0 Å². The van der Waals surface area contributed by atoms with Gasteiger partial charge in [-0.3, -0.25) is 20.4 Å². The molecule has 0 aromatic heterocycles. The van der Waals surface area contributed by atoms with E-state index in [2.05, 4.69) is 46.7 Å². The van der Waals surface area contributed by atoms with Gasteiger partial charge in [0.2, 0.25) is 5.91 Å². The SMILES string of the molecule is Cc1ccc(C)c(OCCCC(C)(C)C(=O)NNC(=O)COc2ccc(C(C)C)cc2Br)c1. The molecule has 2 aromatic carbocycles. The maximum absolute atomic E-state index is 12.5. The number of benzene rings is 2. The van der Waals surface area contributed by atoms with Crippen molar-refractivity contribution < 1.29 is 19.1 Å². The average Bonchev–Trinajstić information content (AvgIpc) is 2.76. The molecule has 0 radical (unpaired) electrons. The summed E-state index contributed by atoms with van der Waals surface area (Å²) in [6, 6.07) is 11.9.